The van der Waals surface area contributed by atoms with Crippen LogP contribution >= 0.6 is 34.5 Å². The van der Waals surface area contributed by atoms with Crippen LogP contribution in [0.5, 0.6) is 0 Å². The summed E-state index contributed by atoms with van der Waals surface area (Å²) < 4.78 is 1.10. The third-order valence-electron chi connectivity index (χ3n) is 2.90. The van der Waals surface area contributed by atoms with Crippen molar-refractivity contribution in [2.24, 2.45) is 0 Å². The number of nitro benzene ring substituents is 1. The molecule has 0 saturated carbocycles. The average molecular weight is 367 g/mol. The number of non-ortho nitro benzene ring substituents is 1. The number of aromatic nitrogens is 2. The highest BCUT2D eigenvalue weighted by Gasteiger charge is 2.11. The van der Waals surface area contributed by atoms with Crippen molar-refractivity contribution in [3.63, 3.8) is 0 Å². The van der Waals surface area contributed by atoms with Crippen molar-refractivity contribution in [1.29, 1.82) is 0 Å². The summed E-state index contributed by atoms with van der Waals surface area (Å²) in [5, 5.41) is 13.7. The van der Waals surface area contributed by atoms with Crippen LogP contribution in [0.3, 0.4) is 0 Å². The van der Waals surface area contributed by atoms with E-state index in [9.17, 15) is 10.1 Å². The van der Waals surface area contributed by atoms with Crippen LogP contribution in [0.1, 0.15) is 0 Å². The summed E-state index contributed by atoms with van der Waals surface area (Å²) in [6.07, 6.45) is 1.57. The van der Waals surface area contributed by atoms with Gasteiger partial charge in [-0.05, 0) is 18.2 Å². The Hall–Kier alpha value is -2.22. The minimum atomic E-state index is -0.463. The molecule has 0 radical (unpaired) electrons. The van der Waals surface area contributed by atoms with Crippen molar-refractivity contribution in [2.75, 3.05) is 5.32 Å². The van der Waals surface area contributed by atoms with Crippen molar-refractivity contribution in [1.82, 2.24) is 9.97 Å². The molecule has 2 heterocycles. The van der Waals surface area contributed by atoms with Gasteiger partial charge in [0.2, 0.25) is 5.95 Å². The van der Waals surface area contributed by atoms with Crippen LogP contribution in [0.2, 0.25) is 8.67 Å². The standard InChI is InChI=1S/C14H8Cl2N4O2S/c15-12-7-10(13(16)23-12)11-4-5-17-14(19-11)18-8-2-1-3-9(6-8)20(21)22/h1-7H,(H,17,18,19). The SMILES string of the molecule is O=[N+]([O-])c1cccc(Nc2nccc(-c3cc(Cl)sc3Cl)n2)c1. The van der Waals surface area contributed by atoms with Crippen molar-refractivity contribution < 1.29 is 4.92 Å². The number of benzene rings is 1. The highest BCUT2D eigenvalue weighted by Crippen LogP contribution is 2.37. The summed E-state index contributed by atoms with van der Waals surface area (Å²) in [5.41, 5.74) is 1.83. The van der Waals surface area contributed by atoms with Crippen LogP contribution in [0.25, 0.3) is 11.3 Å². The molecule has 0 saturated heterocycles. The topological polar surface area (TPSA) is 81.0 Å². The van der Waals surface area contributed by atoms with Gasteiger partial charge >= 0.3 is 0 Å². The first kappa shape index (κ1) is 15.7. The van der Waals surface area contributed by atoms with E-state index in [-0.39, 0.29) is 5.69 Å². The Morgan fingerprint density at radius 3 is 2.74 bits per heavy atom. The molecule has 3 aromatic rings. The lowest BCUT2D eigenvalue weighted by atomic mass is 10.2. The number of hydrogen-bond donors (Lipinski definition) is 1. The van der Waals surface area contributed by atoms with Crippen LogP contribution in [0.4, 0.5) is 17.3 Å². The molecule has 9 heteroatoms. The van der Waals surface area contributed by atoms with E-state index in [2.05, 4.69) is 15.3 Å². The summed E-state index contributed by atoms with van der Waals surface area (Å²) in [5.74, 6) is 0.307. The first-order valence-electron chi connectivity index (χ1n) is 6.32. The third-order valence-corrected chi connectivity index (χ3v) is 4.39. The van der Waals surface area contributed by atoms with E-state index in [1.165, 1.54) is 23.5 Å². The highest BCUT2D eigenvalue weighted by molar-refractivity contribution is 7.20. The first-order valence-corrected chi connectivity index (χ1v) is 7.90. The van der Waals surface area contributed by atoms with Crippen molar-refractivity contribution in [3.8, 4) is 11.3 Å². The number of nitrogens with one attached hydrogen (secondary N) is 1. The van der Waals surface area contributed by atoms with Gasteiger partial charge in [-0.2, -0.15) is 0 Å². The lowest BCUT2D eigenvalue weighted by Crippen LogP contribution is -1.98. The zero-order valence-electron chi connectivity index (χ0n) is 11.4. The minimum absolute atomic E-state index is 0.0150. The molecular weight excluding hydrogens is 359 g/mol. The summed E-state index contributed by atoms with van der Waals surface area (Å²) in [7, 11) is 0. The second kappa shape index (κ2) is 6.49. The van der Waals surface area contributed by atoms with Gasteiger partial charge in [0.1, 0.15) is 4.34 Å². The van der Waals surface area contributed by atoms with Crippen LogP contribution < -0.4 is 5.32 Å². The number of rotatable bonds is 4. The van der Waals surface area contributed by atoms with Crippen LogP contribution in [-0.2, 0) is 0 Å². The summed E-state index contributed by atoms with van der Waals surface area (Å²) >= 11 is 13.3. The zero-order chi connectivity index (χ0) is 16.4. The third kappa shape index (κ3) is 3.58. The van der Waals surface area contributed by atoms with E-state index in [0.717, 1.165) is 0 Å². The van der Waals surface area contributed by atoms with Gasteiger partial charge in [-0.3, -0.25) is 10.1 Å². The molecule has 6 nitrogen and oxygen atoms in total. The van der Waals surface area contributed by atoms with Gasteiger partial charge in [0.05, 0.1) is 15.0 Å². The van der Waals surface area contributed by atoms with Crippen LogP contribution in [0, 0.1) is 10.1 Å². The molecule has 0 bridgehead atoms. The lowest BCUT2D eigenvalue weighted by molar-refractivity contribution is -0.384. The average Bonchev–Trinajstić information content (AvgIpc) is 2.86. The predicted molar refractivity (Wildman–Crippen MR) is 91.7 cm³/mol. The van der Waals surface area contributed by atoms with Gasteiger partial charge in [0, 0.05) is 29.6 Å². The second-order valence-electron chi connectivity index (χ2n) is 4.44. The number of halogens is 2. The molecule has 1 aromatic carbocycles. The van der Waals surface area contributed by atoms with E-state index < -0.39 is 4.92 Å². The maximum absolute atomic E-state index is 10.8. The van der Waals surface area contributed by atoms with Crippen LogP contribution in [-0.4, -0.2) is 14.9 Å². The fraction of sp³-hybridized carbons (Fsp3) is 0. The molecule has 0 amide bonds. The molecule has 0 aliphatic carbocycles. The lowest BCUT2D eigenvalue weighted by Gasteiger charge is -2.06. The van der Waals surface area contributed by atoms with E-state index in [0.29, 0.717) is 31.6 Å². The molecule has 0 atom stereocenters. The summed E-state index contributed by atoms with van der Waals surface area (Å²) in [6, 6.07) is 9.54. The van der Waals surface area contributed by atoms with Crippen LogP contribution in [0.15, 0.2) is 42.6 Å². The summed E-state index contributed by atoms with van der Waals surface area (Å²) in [4.78, 5) is 18.8. The zero-order valence-corrected chi connectivity index (χ0v) is 13.7. The Balaban J connectivity index is 1.90. The Kier molecular flexibility index (Phi) is 4.42. The molecular formula is C14H8Cl2N4O2S. The van der Waals surface area contributed by atoms with Crippen molar-refractivity contribution in [3.05, 3.63) is 61.4 Å². The molecule has 0 spiro atoms. The molecule has 0 aliphatic heterocycles. The fourth-order valence-electron chi connectivity index (χ4n) is 1.91. The maximum atomic E-state index is 10.8. The van der Waals surface area contributed by atoms with E-state index >= 15 is 0 Å². The van der Waals surface area contributed by atoms with Gasteiger partial charge in [-0.25, -0.2) is 9.97 Å². The summed E-state index contributed by atoms with van der Waals surface area (Å²) in [6.45, 7) is 0. The van der Waals surface area contributed by atoms with Gasteiger partial charge in [-0.1, -0.05) is 29.3 Å². The number of anilines is 2. The van der Waals surface area contributed by atoms with Crippen molar-refractivity contribution >= 4 is 51.9 Å². The monoisotopic (exact) mass is 366 g/mol. The van der Waals surface area contributed by atoms with Gasteiger partial charge in [-0.15, -0.1) is 11.3 Å². The predicted octanol–water partition coefficient (Wildman–Crippen LogP) is 5.16. The Bertz CT molecular complexity index is 885. The maximum Gasteiger partial charge on any atom is 0.271 e. The first-order chi connectivity index (χ1) is 11.0. The fourth-order valence-corrected chi connectivity index (χ4v) is 3.39. The Morgan fingerprint density at radius 1 is 1.22 bits per heavy atom. The number of nitrogens with zero attached hydrogens (tertiary/aromatic N) is 3. The minimum Gasteiger partial charge on any atom is -0.324 e. The molecule has 23 heavy (non-hydrogen) atoms. The molecule has 1 N–H and O–H groups in total. The van der Waals surface area contributed by atoms with Crippen molar-refractivity contribution in [2.45, 2.75) is 0 Å². The molecule has 0 aliphatic rings. The number of hydrogen-bond acceptors (Lipinski definition) is 6. The molecule has 2 aromatic heterocycles. The largest absolute Gasteiger partial charge is 0.324 e. The second-order valence-corrected chi connectivity index (χ2v) is 6.72. The van der Waals surface area contributed by atoms with Gasteiger partial charge in [0.25, 0.3) is 5.69 Å². The van der Waals surface area contributed by atoms with Gasteiger partial charge < -0.3 is 5.32 Å². The normalized spacial score (nSPS) is 10.5. The molecule has 0 unspecified atom stereocenters. The highest BCUT2D eigenvalue weighted by atomic mass is 35.5. The molecule has 116 valence electrons. The number of thiophene rings is 1. The Labute approximate surface area is 144 Å². The van der Waals surface area contributed by atoms with E-state index in [1.807, 2.05) is 0 Å². The molecule has 3 rings (SSSR count). The van der Waals surface area contributed by atoms with E-state index in [4.69, 9.17) is 23.2 Å². The van der Waals surface area contributed by atoms with E-state index in [1.54, 1.807) is 30.5 Å². The van der Waals surface area contributed by atoms with Gasteiger partial charge in [0.15, 0.2) is 0 Å². The number of nitro groups is 1. The smallest absolute Gasteiger partial charge is 0.271 e. The quantitative estimate of drug-likeness (QED) is 0.509. The Morgan fingerprint density at radius 2 is 2.04 bits per heavy atom. The molecule has 0 fully saturated rings.